The van der Waals surface area contributed by atoms with Crippen LogP contribution in [0.25, 0.3) is 0 Å². The van der Waals surface area contributed by atoms with Crippen molar-refractivity contribution in [2.24, 2.45) is 4.99 Å². The number of para-hydroxylation sites is 1. The molecule has 1 atom stereocenters. The van der Waals surface area contributed by atoms with Gasteiger partial charge in [-0.05, 0) is 31.2 Å². The van der Waals surface area contributed by atoms with Gasteiger partial charge >= 0.3 is 5.97 Å². The first kappa shape index (κ1) is 17.6. The molecule has 0 spiro atoms. The van der Waals surface area contributed by atoms with E-state index in [-0.39, 0.29) is 11.5 Å². The van der Waals surface area contributed by atoms with E-state index in [1.807, 2.05) is 0 Å². The van der Waals surface area contributed by atoms with Crippen LogP contribution >= 0.6 is 11.6 Å². The van der Waals surface area contributed by atoms with Crippen LogP contribution in [0.1, 0.15) is 12.5 Å². The van der Waals surface area contributed by atoms with Crippen LogP contribution in [-0.2, 0) is 4.79 Å². The number of aliphatic carboxylic acids is 1. The average molecular weight is 350 g/mol. The molecule has 7 heteroatoms. The third-order valence-electron chi connectivity index (χ3n) is 3.15. The van der Waals surface area contributed by atoms with Crippen molar-refractivity contribution < 1.29 is 24.5 Å². The standard InChI is InChI=1S/C17H16ClNO5/c1-10(17(21)22)24-16-11(4-3-5-15(16)23-2)9-19-13-7-6-12(18)8-14(13)20/h3-10,20H,1-2H3,(H,21,22)/t10-/m0/s1. The minimum atomic E-state index is -1.10. The monoisotopic (exact) mass is 349 g/mol. The van der Waals surface area contributed by atoms with E-state index in [0.29, 0.717) is 22.0 Å². The van der Waals surface area contributed by atoms with Crippen molar-refractivity contribution in [3.05, 3.63) is 47.0 Å². The highest BCUT2D eigenvalue weighted by atomic mass is 35.5. The van der Waals surface area contributed by atoms with Gasteiger partial charge < -0.3 is 19.7 Å². The Hall–Kier alpha value is -2.73. The van der Waals surface area contributed by atoms with Crippen molar-refractivity contribution in [2.45, 2.75) is 13.0 Å². The fourth-order valence-electron chi connectivity index (χ4n) is 1.89. The lowest BCUT2D eigenvalue weighted by atomic mass is 10.2. The number of halogens is 1. The molecule has 2 rings (SSSR count). The first-order valence-electron chi connectivity index (χ1n) is 7.01. The number of ether oxygens (including phenoxy) is 2. The molecule has 0 bridgehead atoms. The van der Waals surface area contributed by atoms with E-state index < -0.39 is 12.1 Å². The maximum Gasteiger partial charge on any atom is 0.344 e. The molecule has 2 aromatic carbocycles. The number of carbonyl (C=O) groups is 1. The van der Waals surface area contributed by atoms with Crippen LogP contribution in [-0.4, -0.2) is 35.6 Å². The summed E-state index contributed by atoms with van der Waals surface area (Å²) in [5, 5.41) is 19.2. The normalized spacial score (nSPS) is 12.1. The summed E-state index contributed by atoms with van der Waals surface area (Å²) >= 11 is 5.78. The molecule has 0 aromatic heterocycles. The van der Waals surface area contributed by atoms with Crippen molar-refractivity contribution in [3.8, 4) is 17.2 Å². The molecule has 0 saturated carbocycles. The van der Waals surface area contributed by atoms with Crippen molar-refractivity contribution in [3.63, 3.8) is 0 Å². The van der Waals surface area contributed by atoms with E-state index in [1.54, 1.807) is 30.3 Å². The van der Waals surface area contributed by atoms with Gasteiger partial charge in [0.05, 0.1) is 7.11 Å². The molecule has 0 aliphatic carbocycles. The van der Waals surface area contributed by atoms with Gasteiger partial charge in [-0.3, -0.25) is 4.99 Å². The summed E-state index contributed by atoms with van der Waals surface area (Å²) in [6.45, 7) is 1.42. The number of nitrogens with zero attached hydrogens (tertiary/aromatic N) is 1. The predicted octanol–water partition coefficient (Wildman–Crippen LogP) is 3.66. The highest BCUT2D eigenvalue weighted by Gasteiger charge is 2.18. The molecule has 2 aromatic rings. The zero-order valence-corrected chi connectivity index (χ0v) is 13.8. The molecule has 2 N–H and O–H groups in total. The van der Waals surface area contributed by atoms with E-state index in [4.69, 9.17) is 26.2 Å². The molecule has 0 heterocycles. The van der Waals surface area contributed by atoms with Crippen LogP contribution in [0, 0.1) is 0 Å². The summed E-state index contributed by atoms with van der Waals surface area (Å²) in [4.78, 5) is 15.2. The summed E-state index contributed by atoms with van der Waals surface area (Å²) in [7, 11) is 1.46. The van der Waals surface area contributed by atoms with Crippen LogP contribution in [0.5, 0.6) is 17.2 Å². The summed E-state index contributed by atoms with van der Waals surface area (Å²) < 4.78 is 10.7. The predicted molar refractivity (Wildman–Crippen MR) is 91.1 cm³/mol. The number of carboxylic acids is 1. The number of benzene rings is 2. The van der Waals surface area contributed by atoms with Crippen molar-refractivity contribution >= 4 is 29.5 Å². The van der Waals surface area contributed by atoms with Crippen molar-refractivity contribution in [1.82, 2.24) is 0 Å². The SMILES string of the molecule is COc1cccc(C=Nc2ccc(Cl)cc2O)c1O[C@@H](C)C(=O)O. The van der Waals surface area contributed by atoms with Crippen molar-refractivity contribution in [1.29, 1.82) is 0 Å². The Kier molecular flexibility index (Phi) is 5.65. The first-order chi connectivity index (χ1) is 11.4. The fraction of sp³-hybridized carbons (Fsp3) is 0.176. The van der Waals surface area contributed by atoms with Crippen LogP contribution in [0.3, 0.4) is 0 Å². The zero-order chi connectivity index (χ0) is 17.7. The molecule has 126 valence electrons. The molecule has 0 aliphatic heterocycles. The molecule has 0 amide bonds. The zero-order valence-electron chi connectivity index (χ0n) is 13.1. The Balaban J connectivity index is 2.38. The molecule has 0 saturated heterocycles. The van der Waals surface area contributed by atoms with E-state index in [9.17, 15) is 9.90 Å². The summed E-state index contributed by atoms with van der Waals surface area (Å²) in [6, 6.07) is 9.62. The van der Waals surface area contributed by atoms with Crippen LogP contribution in [0.4, 0.5) is 5.69 Å². The number of rotatable bonds is 6. The smallest absolute Gasteiger partial charge is 0.344 e. The number of aliphatic imine (C=N–C) groups is 1. The maximum atomic E-state index is 11.0. The minimum absolute atomic E-state index is 0.0666. The number of aromatic hydroxyl groups is 1. The van der Waals surface area contributed by atoms with Crippen LogP contribution in [0.2, 0.25) is 5.02 Å². The van der Waals surface area contributed by atoms with Gasteiger partial charge in [0.1, 0.15) is 11.4 Å². The van der Waals surface area contributed by atoms with Gasteiger partial charge in [-0.1, -0.05) is 17.7 Å². The number of phenolic OH excluding ortho intramolecular Hbond substituents is 1. The Bertz CT molecular complexity index is 776. The number of phenols is 1. The Morgan fingerprint density at radius 1 is 1.33 bits per heavy atom. The van der Waals surface area contributed by atoms with E-state index in [1.165, 1.54) is 26.3 Å². The Morgan fingerprint density at radius 3 is 2.71 bits per heavy atom. The lowest BCUT2D eigenvalue weighted by Crippen LogP contribution is -2.23. The lowest BCUT2D eigenvalue weighted by Gasteiger charge is -2.15. The molecule has 0 fully saturated rings. The first-order valence-corrected chi connectivity index (χ1v) is 7.39. The van der Waals surface area contributed by atoms with Crippen LogP contribution in [0.15, 0.2) is 41.4 Å². The second-order valence-corrected chi connectivity index (χ2v) is 5.30. The van der Waals surface area contributed by atoms with Crippen molar-refractivity contribution in [2.75, 3.05) is 7.11 Å². The number of methoxy groups -OCH3 is 1. The molecule has 0 radical (unpaired) electrons. The fourth-order valence-corrected chi connectivity index (χ4v) is 2.06. The largest absolute Gasteiger partial charge is 0.506 e. The van der Waals surface area contributed by atoms with E-state index in [0.717, 1.165) is 0 Å². The lowest BCUT2D eigenvalue weighted by molar-refractivity contribution is -0.144. The molecule has 24 heavy (non-hydrogen) atoms. The second-order valence-electron chi connectivity index (χ2n) is 4.87. The van der Waals surface area contributed by atoms with Gasteiger partial charge in [0.25, 0.3) is 0 Å². The van der Waals surface area contributed by atoms with Gasteiger partial charge in [-0.25, -0.2) is 4.79 Å². The summed E-state index contributed by atoms with van der Waals surface area (Å²) in [5.74, 6) is -0.526. The Labute approximate surface area is 143 Å². The number of carboxylic acid groups (broad SMARTS) is 1. The molecule has 0 unspecified atom stereocenters. The topological polar surface area (TPSA) is 88.4 Å². The van der Waals surface area contributed by atoms with Gasteiger partial charge in [0.15, 0.2) is 17.6 Å². The van der Waals surface area contributed by atoms with Gasteiger partial charge in [-0.15, -0.1) is 0 Å². The minimum Gasteiger partial charge on any atom is -0.506 e. The van der Waals surface area contributed by atoms with Gasteiger partial charge in [-0.2, -0.15) is 0 Å². The molecular formula is C17H16ClNO5. The van der Waals surface area contributed by atoms with E-state index >= 15 is 0 Å². The number of hydrogen-bond acceptors (Lipinski definition) is 5. The quantitative estimate of drug-likeness (QED) is 0.777. The summed E-state index contributed by atoms with van der Waals surface area (Å²) in [6.07, 6.45) is 0.396. The Morgan fingerprint density at radius 2 is 2.08 bits per heavy atom. The highest BCUT2D eigenvalue weighted by molar-refractivity contribution is 6.30. The summed E-state index contributed by atoms with van der Waals surface area (Å²) in [5.41, 5.74) is 0.830. The second kappa shape index (κ2) is 7.70. The molecule has 0 aliphatic rings. The highest BCUT2D eigenvalue weighted by Crippen LogP contribution is 2.33. The number of hydrogen-bond donors (Lipinski definition) is 2. The van der Waals surface area contributed by atoms with Gasteiger partial charge in [0, 0.05) is 22.9 Å². The van der Waals surface area contributed by atoms with E-state index in [2.05, 4.69) is 4.99 Å². The molecular weight excluding hydrogens is 334 g/mol. The third-order valence-corrected chi connectivity index (χ3v) is 3.39. The average Bonchev–Trinajstić information content (AvgIpc) is 2.54. The van der Waals surface area contributed by atoms with Crippen LogP contribution < -0.4 is 9.47 Å². The van der Waals surface area contributed by atoms with Gasteiger partial charge in [0.2, 0.25) is 0 Å². The third kappa shape index (κ3) is 4.17. The molecule has 6 nitrogen and oxygen atoms in total. The maximum absolute atomic E-state index is 11.0.